The Morgan fingerprint density at radius 3 is 2.41 bits per heavy atom. The number of hydrogen-bond acceptors (Lipinski definition) is 1. The summed E-state index contributed by atoms with van der Waals surface area (Å²) < 4.78 is 15.6. The van der Waals surface area contributed by atoms with Gasteiger partial charge in [-0.1, -0.05) is 59.6 Å². The van der Waals surface area contributed by atoms with Crippen LogP contribution in [0.4, 0.5) is 4.39 Å². The zero-order valence-corrected chi connectivity index (χ0v) is 20.2. The van der Waals surface area contributed by atoms with Crippen LogP contribution in [0.2, 0.25) is 10.0 Å². The first kappa shape index (κ1) is 22.9. The van der Waals surface area contributed by atoms with Crippen molar-refractivity contribution in [2.75, 3.05) is 13.1 Å². The van der Waals surface area contributed by atoms with Gasteiger partial charge in [-0.25, -0.2) is 4.39 Å². The second-order valence-electron chi connectivity index (χ2n) is 8.87. The third-order valence-electron chi connectivity index (χ3n) is 6.64. The van der Waals surface area contributed by atoms with E-state index in [9.17, 15) is 9.18 Å². The Bertz CT molecular complexity index is 1330. The smallest absolute Gasteiger partial charge is 0.223 e. The fraction of sp³-hybridized carbons (Fsp3) is 0.250. The normalized spacial score (nSPS) is 14.6. The summed E-state index contributed by atoms with van der Waals surface area (Å²) in [5.74, 6) is -0.256. The van der Waals surface area contributed by atoms with Crippen molar-refractivity contribution in [2.45, 2.75) is 31.7 Å². The summed E-state index contributed by atoms with van der Waals surface area (Å²) in [5.41, 5.74) is 4.11. The van der Waals surface area contributed by atoms with E-state index >= 15 is 0 Å². The van der Waals surface area contributed by atoms with E-state index in [4.69, 9.17) is 23.2 Å². The number of halogens is 3. The van der Waals surface area contributed by atoms with Gasteiger partial charge in [-0.05, 0) is 59.9 Å². The Morgan fingerprint density at radius 1 is 0.941 bits per heavy atom. The number of rotatable bonds is 6. The Balaban J connectivity index is 1.58. The molecular weight excluding hydrogens is 470 g/mol. The fourth-order valence-corrected chi connectivity index (χ4v) is 5.18. The molecule has 3 nitrogen and oxygen atoms in total. The lowest BCUT2D eigenvalue weighted by Crippen LogP contribution is -2.29. The van der Waals surface area contributed by atoms with Crippen molar-refractivity contribution in [2.24, 2.45) is 0 Å². The van der Waals surface area contributed by atoms with Gasteiger partial charge in [-0.3, -0.25) is 4.79 Å². The predicted molar refractivity (Wildman–Crippen MR) is 136 cm³/mol. The highest BCUT2D eigenvalue weighted by molar-refractivity contribution is 6.42. The number of benzene rings is 3. The number of nitrogens with zero attached hydrogens (tertiary/aromatic N) is 2. The summed E-state index contributed by atoms with van der Waals surface area (Å²) in [7, 11) is 0. The molecule has 1 aromatic heterocycles. The third-order valence-corrected chi connectivity index (χ3v) is 7.38. The van der Waals surface area contributed by atoms with E-state index in [0.29, 0.717) is 23.0 Å². The largest absolute Gasteiger partial charge is 0.343 e. The van der Waals surface area contributed by atoms with Crippen molar-refractivity contribution >= 4 is 40.0 Å². The predicted octanol–water partition coefficient (Wildman–Crippen LogP) is 7.28. The maximum absolute atomic E-state index is 13.4. The van der Waals surface area contributed by atoms with Gasteiger partial charge in [0, 0.05) is 49.1 Å². The van der Waals surface area contributed by atoms with E-state index in [1.807, 2.05) is 29.2 Å². The molecule has 34 heavy (non-hydrogen) atoms. The number of carbonyl (C=O) groups excluding carboxylic acids is 1. The monoisotopic (exact) mass is 494 g/mol. The molecule has 0 N–H and O–H groups in total. The summed E-state index contributed by atoms with van der Waals surface area (Å²) in [4.78, 5) is 15.2. The van der Waals surface area contributed by atoms with Gasteiger partial charge < -0.3 is 9.47 Å². The molecule has 0 saturated carbocycles. The molecule has 0 radical (unpaired) electrons. The molecule has 2 heterocycles. The van der Waals surface area contributed by atoms with Gasteiger partial charge in [-0.15, -0.1) is 0 Å². The van der Waals surface area contributed by atoms with Gasteiger partial charge in [0.15, 0.2) is 0 Å². The van der Waals surface area contributed by atoms with Gasteiger partial charge in [-0.2, -0.15) is 0 Å². The van der Waals surface area contributed by atoms with Crippen LogP contribution in [0.3, 0.4) is 0 Å². The van der Waals surface area contributed by atoms with Crippen molar-refractivity contribution in [1.29, 1.82) is 0 Å². The van der Waals surface area contributed by atoms with E-state index in [2.05, 4.69) is 22.9 Å². The van der Waals surface area contributed by atoms with Crippen LogP contribution in [0.25, 0.3) is 10.9 Å². The first-order chi connectivity index (χ1) is 16.5. The maximum atomic E-state index is 13.4. The molecule has 1 aliphatic rings. The van der Waals surface area contributed by atoms with Crippen LogP contribution in [0.5, 0.6) is 0 Å². The molecule has 0 bridgehead atoms. The zero-order chi connectivity index (χ0) is 23.7. The number of likely N-dealkylation sites (tertiary alicyclic amines) is 1. The first-order valence-electron chi connectivity index (χ1n) is 11.5. The number of aromatic nitrogens is 1. The Labute approximate surface area is 208 Å². The van der Waals surface area contributed by atoms with Crippen LogP contribution in [-0.2, 0) is 11.3 Å². The second kappa shape index (κ2) is 9.81. The van der Waals surface area contributed by atoms with Crippen LogP contribution in [-0.4, -0.2) is 28.5 Å². The minimum Gasteiger partial charge on any atom is -0.343 e. The van der Waals surface area contributed by atoms with E-state index in [1.54, 1.807) is 18.2 Å². The average molecular weight is 495 g/mol. The highest BCUT2D eigenvalue weighted by atomic mass is 35.5. The molecule has 4 aromatic rings. The fourth-order valence-electron chi connectivity index (χ4n) is 4.88. The van der Waals surface area contributed by atoms with Gasteiger partial charge >= 0.3 is 0 Å². The minimum absolute atomic E-state index is 0.156. The molecule has 0 unspecified atom stereocenters. The molecule has 0 aliphatic carbocycles. The molecular formula is C28H25Cl2FN2O. The topological polar surface area (TPSA) is 25.2 Å². The van der Waals surface area contributed by atoms with Crippen LogP contribution in [0, 0.1) is 5.82 Å². The lowest BCUT2D eigenvalue weighted by atomic mass is 9.88. The molecule has 1 fully saturated rings. The molecule has 1 aliphatic heterocycles. The van der Waals surface area contributed by atoms with Gasteiger partial charge in [0.25, 0.3) is 0 Å². The highest BCUT2D eigenvalue weighted by Gasteiger charge is 2.27. The second-order valence-corrected chi connectivity index (χ2v) is 9.69. The number of fused-ring (bicyclic) bond motifs is 1. The Hall–Kier alpha value is -2.82. The first-order valence-corrected chi connectivity index (χ1v) is 12.3. The molecule has 6 heteroatoms. The zero-order valence-electron chi connectivity index (χ0n) is 18.7. The molecule has 1 atom stereocenters. The molecule has 1 saturated heterocycles. The number of hydrogen-bond donors (Lipinski definition) is 0. The third kappa shape index (κ3) is 4.70. The van der Waals surface area contributed by atoms with Crippen LogP contribution >= 0.6 is 23.2 Å². The molecule has 5 rings (SSSR count). The summed E-state index contributed by atoms with van der Waals surface area (Å²) in [5, 5.41) is 2.07. The standard InChI is InChI=1S/C28H25Cl2FN2O/c29-25-12-9-20(15-26(25)30)23(16-28(34)32-13-3-4-14-32)24-18-33(27-6-2-1-5-22(24)27)17-19-7-10-21(31)11-8-19/h1-2,5-12,15,18,23H,3-4,13-14,16-17H2/t23-/m1/s1. The van der Waals surface area contributed by atoms with Gasteiger partial charge in [0.05, 0.1) is 10.0 Å². The highest BCUT2D eigenvalue weighted by Crippen LogP contribution is 2.38. The Morgan fingerprint density at radius 2 is 1.68 bits per heavy atom. The Kier molecular flexibility index (Phi) is 6.62. The van der Waals surface area contributed by atoms with Gasteiger partial charge in [0.2, 0.25) is 5.91 Å². The van der Waals surface area contributed by atoms with Crippen molar-refractivity contribution in [1.82, 2.24) is 9.47 Å². The van der Waals surface area contributed by atoms with Crippen LogP contribution in [0.1, 0.15) is 41.9 Å². The molecule has 174 valence electrons. The van der Waals surface area contributed by atoms with Crippen molar-refractivity contribution in [3.8, 4) is 0 Å². The van der Waals surface area contributed by atoms with Crippen molar-refractivity contribution in [3.63, 3.8) is 0 Å². The van der Waals surface area contributed by atoms with Crippen LogP contribution in [0.15, 0.2) is 72.9 Å². The molecule has 3 aromatic carbocycles. The molecule has 1 amide bonds. The summed E-state index contributed by atoms with van der Waals surface area (Å²) in [6.45, 7) is 2.24. The summed E-state index contributed by atoms with van der Waals surface area (Å²) in [6, 6.07) is 20.4. The number of carbonyl (C=O) groups is 1. The molecule has 0 spiro atoms. The summed E-state index contributed by atoms with van der Waals surface area (Å²) >= 11 is 12.6. The van der Waals surface area contributed by atoms with E-state index in [0.717, 1.165) is 53.5 Å². The number of para-hydroxylation sites is 1. The van der Waals surface area contributed by atoms with Crippen molar-refractivity contribution < 1.29 is 9.18 Å². The number of amides is 1. The van der Waals surface area contributed by atoms with E-state index in [1.165, 1.54) is 12.1 Å². The van der Waals surface area contributed by atoms with Crippen molar-refractivity contribution in [3.05, 3.63) is 105 Å². The SMILES string of the molecule is O=C(C[C@H](c1ccc(Cl)c(Cl)c1)c1cn(Cc2ccc(F)cc2)c2ccccc12)N1CCCC1. The maximum Gasteiger partial charge on any atom is 0.223 e. The summed E-state index contributed by atoms with van der Waals surface area (Å²) in [6.07, 6.45) is 4.60. The lowest BCUT2D eigenvalue weighted by molar-refractivity contribution is -0.130. The lowest BCUT2D eigenvalue weighted by Gasteiger charge is -2.22. The minimum atomic E-state index is -0.248. The van der Waals surface area contributed by atoms with E-state index in [-0.39, 0.29) is 17.6 Å². The average Bonchev–Trinajstić information content (AvgIpc) is 3.50. The van der Waals surface area contributed by atoms with Gasteiger partial charge in [0.1, 0.15) is 5.82 Å². The van der Waals surface area contributed by atoms with Crippen LogP contribution < -0.4 is 0 Å². The quantitative estimate of drug-likeness (QED) is 0.276. The van der Waals surface area contributed by atoms with E-state index < -0.39 is 0 Å².